The third-order valence-electron chi connectivity index (χ3n) is 4.33. The minimum atomic E-state index is -0.230. The number of benzene rings is 2. The lowest BCUT2D eigenvalue weighted by atomic mass is 10.2. The van der Waals surface area contributed by atoms with E-state index in [1.54, 1.807) is 44.3 Å². The zero-order valence-electron chi connectivity index (χ0n) is 17.1. The van der Waals surface area contributed by atoms with Crippen molar-refractivity contribution in [1.82, 2.24) is 4.90 Å². The topological polar surface area (TPSA) is 72.3 Å². The summed E-state index contributed by atoms with van der Waals surface area (Å²) in [6.45, 7) is 0.796. The summed E-state index contributed by atoms with van der Waals surface area (Å²) >= 11 is 5.98. The van der Waals surface area contributed by atoms with Gasteiger partial charge in [0.25, 0.3) is 11.8 Å². The Kier molecular flexibility index (Phi) is 8.30. The normalized spacial score (nSPS) is 11.5. The van der Waals surface area contributed by atoms with Crippen LogP contribution in [0.4, 0.5) is 5.69 Å². The summed E-state index contributed by atoms with van der Waals surface area (Å²) in [5.41, 5.74) is 1.47. The maximum Gasteiger partial charge on any atom is 0.279 e. The molecule has 7 nitrogen and oxygen atoms in total. The van der Waals surface area contributed by atoms with Gasteiger partial charge in [-0.1, -0.05) is 23.7 Å². The molecule has 0 spiro atoms. The molecule has 2 N–H and O–H groups in total. The van der Waals surface area contributed by atoms with E-state index in [0.717, 1.165) is 16.2 Å². The van der Waals surface area contributed by atoms with Crippen LogP contribution >= 0.6 is 11.6 Å². The fourth-order valence-electron chi connectivity index (χ4n) is 2.83. The predicted molar refractivity (Wildman–Crippen MR) is 113 cm³/mol. The monoisotopic (exact) mass is 420 g/mol. The molecule has 0 aromatic heterocycles. The average Bonchev–Trinajstić information content (AvgIpc) is 2.68. The van der Waals surface area contributed by atoms with Gasteiger partial charge in [-0.25, -0.2) is 0 Å². The Morgan fingerprint density at radius 1 is 1.10 bits per heavy atom. The number of hydrogen-bond donors (Lipinski definition) is 2. The molecule has 0 radical (unpaired) electrons. The summed E-state index contributed by atoms with van der Waals surface area (Å²) < 4.78 is 10.4. The van der Waals surface area contributed by atoms with Crippen LogP contribution < -0.4 is 19.7 Å². The van der Waals surface area contributed by atoms with Crippen molar-refractivity contribution in [3.8, 4) is 11.5 Å². The van der Waals surface area contributed by atoms with Crippen LogP contribution in [0.2, 0.25) is 5.02 Å². The molecule has 2 aromatic rings. The highest BCUT2D eigenvalue weighted by Crippen LogP contribution is 2.27. The van der Waals surface area contributed by atoms with E-state index in [1.807, 2.05) is 24.3 Å². The second kappa shape index (κ2) is 10.7. The lowest BCUT2D eigenvalue weighted by Crippen LogP contribution is -3.11. The highest BCUT2D eigenvalue weighted by atomic mass is 35.5. The lowest BCUT2D eigenvalue weighted by molar-refractivity contribution is -0.862. The minimum absolute atomic E-state index is 0.0570. The molecule has 2 amide bonds. The van der Waals surface area contributed by atoms with Crippen LogP contribution in [0.15, 0.2) is 42.5 Å². The molecule has 8 heteroatoms. The molecule has 2 aromatic carbocycles. The molecule has 0 saturated carbocycles. The number of anilines is 1. The summed E-state index contributed by atoms with van der Waals surface area (Å²) in [5.74, 6) is 0.985. The summed E-state index contributed by atoms with van der Waals surface area (Å²) in [6.07, 6.45) is 0. The lowest BCUT2D eigenvalue weighted by Gasteiger charge is -2.20. The van der Waals surface area contributed by atoms with Gasteiger partial charge in [0.2, 0.25) is 0 Å². The Balaban J connectivity index is 1.87. The number of ether oxygens (including phenoxy) is 2. The molecule has 0 bridgehead atoms. The number of likely N-dealkylation sites (N-methyl/N-ethyl adjacent to an activating group) is 2. The van der Waals surface area contributed by atoms with Crippen LogP contribution in [-0.4, -0.2) is 58.1 Å². The van der Waals surface area contributed by atoms with E-state index in [2.05, 4.69) is 5.32 Å². The second-order valence-electron chi connectivity index (χ2n) is 6.80. The van der Waals surface area contributed by atoms with Crippen LogP contribution in [-0.2, 0) is 16.1 Å². The van der Waals surface area contributed by atoms with Crippen molar-refractivity contribution in [1.29, 1.82) is 0 Å². The maximum atomic E-state index is 12.5. The zero-order valence-corrected chi connectivity index (χ0v) is 17.9. The number of nitrogens with zero attached hydrogens (tertiary/aromatic N) is 1. The number of halogens is 1. The second-order valence-corrected chi connectivity index (χ2v) is 7.24. The van der Waals surface area contributed by atoms with E-state index in [1.165, 1.54) is 7.11 Å². The van der Waals surface area contributed by atoms with E-state index in [4.69, 9.17) is 21.1 Å². The van der Waals surface area contributed by atoms with Gasteiger partial charge in [0.05, 0.1) is 27.0 Å². The molecule has 29 heavy (non-hydrogen) atoms. The largest absolute Gasteiger partial charge is 0.497 e. The van der Waals surface area contributed by atoms with Crippen molar-refractivity contribution in [2.24, 2.45) is 0 Å². The van der Waals surface area contributed by atoms with Gasteiger partial charge in [-0.2, -0.15) is 0 Å². The molecule has 0 aliphatic rings. The number of nitrogens with one attached hydrogen (secondary N) is 2. The van der Waals surface area contributed by atoms with Crippen LogP contribution in [0, 0.1) is 0 Å². The predicted octanol–water partition coefficient (Wildman–Crippen LogP) is 1.47. The van der Waals surface area contributed by atoms with E-state index < -0.39 is 0 Å². The van der Waals surface area contributed by atoms with Crippen molar-refractivity contribution in [3.05, 3.63) is 53.1 Å². The molecular formula is C21H27ClN3O4+. The van der Waals surface area contributed by atoms with Crippen molar-refractivity contribution in [2.45, 2.75) is 6.54 Å². The molecule has 0 fully saturated rings. The van der Waals surface area contributed by atoms with Gasteiger partial charge < -0.3 is 24.6 Å². The first kappa shape index (κ1) is 22.5. The molecule has 0 aliphatic heterocycles. The van der Waals surface area contributed by atoms with Gasteiger partial charge >= 0.3 is 0 Å². The molecule has 156 valence electrons. The number of carbonyl (C=O) groups excluding carboxylic acids is 2. The fourth-order valence-corrected chi connectivity index (χ4v) is 3.01. The summed E-state index contributed by atoms with van der Waals surface area (Å²) in [4.78, 5) is 27.3. The van der Waals surface area contributed by atoms with Crippen LogP contribution in [0.1, 0.15) is 5.56 Å². The zero-order chi connectivity index (χ0) is 21.4. The molecule has 1 unspecified atom stereocenters. The van der Waals surface area contributed by atoms with Gasteiger partial charge in [-0.05, 0) is 35.9 Å². The molecular weight excluding hydrogens is 394 g/mol. The Bertz CT molecular complexity index is 860. The molecule has 2 rings (SSSR count). The molecule has 0 saturated heterocycles. The van der Waals surface area contributed by atoms with Gasteiger partial charge in [-0.15, -0.1) is 0 Å². The van der Waals surface area contributed by atoms with E-state index in [-0.39, 0.29) is 24.9 Å². The highest BCUT2D eigenvalue weighted by molar-refractivity contribution is 6.31. The standard InChI is InChI=1S/C21H26ClN3O4/c1-24(13-20(26)23-18-11-16(22)8-9-19(18)29-4)14-21(27)25(2)12-15-6-5-7-17(10-15)28-3/h5-11H,12-14H2,1-4H3,(H,23,26)/p+1. The van der Waals surface area contributed by atoms with Gasteiger partial charge in [-0.3, -0.25) is 9.59 Å². The van der Waals surface area contributed by atoms with Crippen molar-refractivity contribution < 1.29 is 24.0 Å². The molecule has 1 atom stereocenters. The summed E-state index contributed by atoms with van der Waals surface area (Å²) in [6, 6.07) is 12.6. The van der Waals surface area contributed by atoms with Crippen molar-refractivity contribution in [3.63, 3.8) is 0 Å². The van der Waals surface area contributed by atoms with Gasteiger partial charge in [0.1, 0.15) is 11.5 Å². The average molecular weight is 421 g/mol. The first-order chi connectivity index (χ1) is 13.8. The molecule has 0 heterocycles. The summed E-state index contributed by atoms with van der Waals surface area (Å²) in [7, 11) is 6.67. The third-order valence-corrected chi connectivity index (χ3v) is 4.57. The van der Waals surface area contributed by atoms with Crippen molar-refractivity contribution >= 4 is 29.1 Å². The van der Waals surface area contributed by atoms with Crippen LogP contribution in [0.5, 0.6) is 11.5 Å². The maximum absolute atomic E-state index is 12.5. The number of quaternary nitrogens is 1. The van der Waals surface area contributed by atoms with Crippen LogP contribution in [0.25, 0.3) is 0 Å². The Morgan fingerprint density at radius 3 is 2.55 bits per heavy atom. The number of methoxy groups -OCH3 is 2. The number of carbonyl (C=O) groups is 2. The minimum Gasteiger partial charge on any atom is -0.497 e. The van der Waals surface area contributed by atoms with Crippen molar-refractivity contribution in [2.75, 3.05) is 46.7 Å². The Labute approximate surface area is 176 Å². The first-order valence-electron chi connectivity index (χ1n) is 9.14. The fraction of sp³-hybridized carbons (Fsp3) is 0.333. The SMILES string of the molecule is COc1cccc(CN(C)C(=O)C[NH+](C)CC(=O)Nc2cc(Cl)ccc2OC)c1. The number of hydrogen-bond acceptors (Lipinski definition) is 4. The summed E-state index contributed by atoms with van der Waals surface area (Å²) in [5, 5.41) is 3.28. The molecule has 0 aliphatic carbocycles. The Morgan fingerprint density at radius 2 is 1.86 bits per heavy atom. The smallest absolute Gasteiger partial charge is 0.279 e. The van der Waals surface area contributed by atoms with Gasteiger partial charge in [0, 0.05) is 18.6 Å². The highest BCUT2D eigenvalue weighted by Gasteiger charge is 2.18. The van der Waals surface area contributed by atoms with E-state index >= 15 is 0 Å². The van der Waals surface area contributed by atoms with Gasteiger partial charge in [0.15, 0.2) is 13.1 Å². The number of amides is 2. The third kappa shape index (κ3) is 6.96. The van der Waals surface area contributed by atoms with E-state index in [9.17, 15) is 9.59 Å². The quantitative estimate of drug-likeness (QED) is 0.644. The van der Waals surface area contributed by atoms with E-state index in [0.29, 0.717) is 23.0 Å². The Hall–Kier alpha value is -2.77. The first-order valence-corrected chi connectivity index (χ1v) is 9.51. The van der Waals surface area contributed by atoms with Crippen LogP contribution in [0.3, 0.4) is 0 Å². The number of rotatable bonds is 9.